The van der Waals surface area contributed by atoms with Crippen LogP contribution in [0.2, 0.25) is 4.55 Å². The highest BCUT2D eigenvalue weighted by Crippen LogP contribution is 2.44. The van der Waals surface area contributed by atoms with Crippen LogP contribution in [0.3, 0.4) is 0 Å². The molecule has 93 valence electrons. The SMILES string of the molecule is CC(C)C1=CC=CC(CCC[CH2][Mg])(C(C)C)C1. The fourth-order valence-corrected chi connectivity index (χ4v) is 3.10. The third kappa shape index (κ3) is 4.13. The van der Waals surface area contributed by atoms with Crippen LogP contribution in [0.1, 0.15) is 53.4 Å². The normalized spacial score (nSPS) is 24.4. The molecule has 1 aliphatic carbocycles. The van der Waals surface area contributed by atoms with Crippen molar-refractivity contribution < 1.29 is 0 Å². The van der Waals surface area contributed by atoms with E-state index in [1.165, 1.54) is 30.2 Å². The van der Waals surface area contributed by atoms with Gasteiger partial charge in [0.15, 0.2) is 0 Å². The summed E-state index contributed by atoms with van der Waals surface area (Å²) in [4.78, 5) is 0. The molecule has 0 saturated heterocycles. The Bertz CT molecular complexity index is 286. The van der Waals surface area contributed by atoms with Gasteiger partial charge in [0.05, 0.1) is 0 Å². The van der Waals surface area contributed by atoms with Gasteiger partial charge >= 0.3 is 0 Å². The largest absolute Gasteiger partial charge is 0.222 e. The monoisotopic (exact) mass is 243 g/mol. The highest BCUT2D eigenvalue weighted by Gasteiger charge is 2.33. The van der Waals surface area contributed by atoms with Crippen molar-refractivity contribution in [1.29, 1.82) is 0 Å². The molecule has 0 aliphatic heterocycles. The van der Waals surface area contributed by atoms with Crippen LogP contribution < -0.4 is 0 Å². The van der Waals surface area contributed by atoms with E-state index in [1.807, 2.05) is 0 Å². The predicted octanol–water partition coefficient (Wildman–Crippen LogP) is 4.93. The molecule has 1 radical (unpaired) electrons. The van der Waals surface area contributed by atoms with Crippen LogP contribution in [-0.2, 0) is 0 Å². The Hall–Kier alpha value is 0.246. The Balaban J connectivity index is 2.74. The summed E-state index contributed by atoms with van der Waals surface area (Å²) in [6, 6.07) is 0. The maximum Gasteiger partial charge on any atom is 0.222 e. The van der Waals surface area contributed by atoms with Crippen LogP contribution >= 0.6 is 0 Å². The van der Waals surface area contributed by atoms with Gasteiger partial charge in [-0.05, 0) is 30.1 Å². The molecule has 0 N–H and O–H groups in total. The zero-order valence-electron chi connectivity index (χ0n) is 12.1. The van der Waals surface area contributed by atoms with Crippen molar-refractivity contribution in [3.05, 3.63) is 23.8 Å². The zero-order valence-corrected chi connectivity index (χ0v) is 13.5. The van der Waals surface area contributed by atoms with E-state index in [4.69, 9.17) is 0 Å². The number of hydrogen-bond acceptors (Lipinski definition) is 0. The number of rotatable bonds is 6. The number of allylic oxidation sites excluding steroid dienone is 4. The molecular formula is C16H27Mg. The molecule has 0 amide bonds. The van der Waals surface area contributed by atoms with Crippen molar-refractivity contribution in [3.8, 4) is 0 Å². The van der Waals surface area contributed by atoms with E-state index in [9.17, 15) is 0 Å². The van der Waals surface area contributed by atoms with E-state index in [1.54, 1.807) is 5.57 Å². The topological polar surface area (TPSA) is 0 Å². The smallest absolute Gasteiger partial charge is 0.177 e. The molecule has 1 heteroatoms. The van der Waals surface area contributed by atoms with Crippen molar-refractivity contribution in [2.45, 2.75) is 57.9 Å². The maximum atomic E-state index is 2.49. The van der Waals surface area contributed by atoms with Crippen LogP contribution in [-0.4, -0.2) is 21.7 Å². The van der Waals surface area contributed by atoms with Gasteiger partial charge in [-0.3, -0.25) is 0 Å². The lowest BCUT2D eigenvalue weighted by atomic mass is 9.66. The molecule has 1 rings (SSSR count). The molecule has 0 aromatic carbocycles. The van der Waals surface area contributed by atoms with Crippen LogP contribution in [0.4, 0.5) is 0 Å². The van der Waals surface area contributed by atoms with Crippen LogP contribution in [0, 0.1) is 17.3 Å². The minimum atomic E-state index is 0.437. The molecule has 0 nitrogen and oxygen atoms in total. The van der Waals surface area contributed by atoms with E-state index in [0.29, 0.717) is 11.3 Å². The van der Waals surface area contributed by atoms with E-state index in [-0.39, 0.29) is 0 Å². The summed E-state index contributed by atoms with van der Waals surface area (Å²) >= 11 is 2.11. The summed E-state index contributed by atoms with van der Waals surface area (Å²) in [5.41, 5.74) is 2.08. The average Bonchev–Trinajstić information content (AvgIpc) is 2.29. The first-order chi connectivity index (χ1) is 8.02. The molecule has 1 atom stereocenters. The van der Waals surface area contributed by atoms with Gasteiger partial charge in [-0.1, -0.05) is 64.3 Å². The molecule has 0 aromatic heterocycles. The fourth-order valence-electron chi connectivity index (χ4n) is 2.75. The molecule has 0 spiro atoms. The highest BCUT2D eigenvalue weighted by atomic mass is 24.4. The third-order valence-electron chi connectivity index (χ3n) is 4.31. The molecule has 0 aromatic rings. The molecule has 0 fully saturated rings. The van der Waals surface area contributed by atoms with E-state index in [0.717, 1.165) is 5.92 Å². The van der Waals surface area contributed by atoms with E-state index in [2.05, 4.69) is 67.6 Å². The lowest BCUT2D eigenvalue weighted by Crippen LogP contribution is -2.28. The summed E-state index contributed by atoms with van der Waals surface area (Å²) in [6.07, 6.45) is 12.6. The van der Waals surface area contributed by atoms with Gasteiger partial charge in [0.1, 0.15) is 0 Å². The van der Waals surface area contributed by atoms with Crippen molar-refractivity contribution in [3.63, 3.8) is 0 Å². The van der Waals surface area contributed by atoms with Crippen molar-refractivity contribution >= 4 is 21.7 Å². The summed E-state index contributed by atoms with van der Waals surface area (Å²) in [6.45, 7) is 9.43. The van der Waals surface area contributed by atoms with Crippen molar-refractivity contribution in [2.75, 3.05) is 0 Å². The molecule has 17 heavy (non-hydrogen) atoms. The van der Waals surface area contributed by atoms with Gasteiger partial charge in [-0.15, -0.1) is 0 Å². The molecule has 1 aliphatic rings. The standard InChI is InChI=1S/C16H27.Mg/c1-6-7-10-16(14(4)5)11-8-9-15(12-16)13(2)3;/h8-9,11,13-14H,1,6-7,10,12H2,2-5H3;. The highest BCUT2D eigenvalue weighted by molar-refractivity contribution is 6.08. The fraction of sp³-hybridized carbons (Fsp3) is 0.750. The van der Waals surface area contributed by atoms with Crippen LogP contribution in [0.25, 0.3) is 0 Å². The summed E-state index contributed by atoms with van der Waals surface area (Å²) in [5.74, 6) is 1.45. The second-order valence-corrected chi connectivity index (χ2v) is 6.84. The first-order valence-corrected chi connectivity index (χ1v) is 8.19. The predicted molar refractivity (Wildman–Crippen MR) is 78.4 cm³/mol. The second kappa shape index (κ2) is 6.99. The minimum Gasteiger partial charge on any atom is -0.177 e. The molecule has 0 saturated carbocycles. The molecule has 0 bridgehead atoms. The first kappa shape index (κ1) is 15.3. The second-order valence-electron chi connectivity index (χ2n) is 6.13. The van der Waals surface area contributed by atoms with Gasteiger partial charge in [-0.2, -0.15) is 4.55 Å². The Morgan fingerprint density at radius 2 is 1.94 bits per heavy atom. The molecule has 0 heterocycles. The lowest BCUT2D eigenvalue weighted by molar-refractivity contribution is 0.227. The van der Waals surface area contributed by atoms with Crippen LogP contribution in [0.5, 0.6) is 0 Å². The number of hydrogen-bond donors (Lipinski definition) is 0. The third-order valence-corrected chi connectivity index (χ3v) is 4.81. The van der Waals surface area contributed by atoms with Gasteiger partial charge in [0, 0.05) is 0 Å². The first-order valence-electron chi connectivity index (χ1n) is 7.19. The van der Waals surface area contributed by atoms with Crippen molar-refractivity contribution in [1.82, 2.24) is 0 Å². The molecule has 1 unspecified atom stereocenters. The maximum absolute atomic E-state index is 2.49. The summed E-state index contributed by atoms with van der Waals surface area (Å²) < 4.78 is 1.35. The average molecular weight is 244 g/mol. The minimum absolute atomic E-state index is 0.437. The van der Waals surface area contributed by atoms with Gasteiger partial charge in [-0.25, -0.2) is 0 Å². The molecular weight excluding hydrogens is 216 g/mol. The summed E-state index contributed by atoms with van der Waals surface area (Å²) in [7, 11) is 0. The lowest BCUT2D eigenvalue weighted by Gasteiger charge is -2.39. The van der Waals surface area contributed by atoms with Crippen LogP contribution in [0.15, 0.2) is 23.8 Å². The quantitative estimate of drug-likeness (QED) is 0.458. The van der Waals surface area contributed by atoms with E-state index < -0.39 is 0 Å². The Labute approximate surface area is 120 Å². The summed E-state index contributed by atoms with van der Waals surface area (Å²) in [5, 5.41) is 0. The van der Waals surface area contributed by atoms with E-state index >= 15 is 0 Å². The Morgan fingerprint density at radius 1 is 1.24 bits per heavy atom. The van der Waals surface area contributed by atoms with Gasteiger partial charge in [0.25, 0.3) is 0 Å². The van der Waals surface area contributed by atoms with Gasteiger partial charge in [0.2, 0.25) is 21.7 Å². The van der Waals surface area contributed by atoms with Gasteiger partial charge < -0.3 is 0 Å². The Kier molecular flexibility index (Phi) is 6.29. The number of unbranched alkanes of at least 4 members (excludes halogenated alkanes) is 1. The Morgan fingerprint density at radius 3 is 2.47 bits per heavy atom. The van der Waals surface area contributed by atoms with Crippen molar-refractivity contribution in [2.24, 2.45) is 17.3 Å². The zero-order chi connectivity index (χ0) is 12.9.